The summed E-state index contributed by atoms with van der Waals surface area (Å²) in [7, 11) is 3.65. The Balaban J connectivity index is 2.42. The summed E-state index contributed by atoms with van der Waals surface area (Å²) in [6.07, 6.45) is 1.93. The van der Waals surface area contributed by atoms with E-state index in [-0.39, 0.29) is 0 Å². The van der Waals surface area contributed by atoms with E-state index in [9.17, 15) is 0 Å². The molecule has 0 saturated carbocycles. The number of rotatable bonds is 2. The van der Waals surface area contributed by atoms with Crippen LogP contribution >= 0.6 is 0 Å². The van der Waals surface area contributed by atoms with Crippen LogP contribution in [0, 0.1) is 0 Å². The molecule has 0 bridgehead atoms. The van der Waals surface area contributed by atoms with Crippen molar-refractivity contribution in [3.63, 3.8) is 0 Å². The average molecular weight is 202 g/mol. The molecule has 0 radical (unpaired) electrons. The summed E-state index contributed by atoms with van der Waals surface area (Å²) in [5, 5.41) is 3.08. The molecule has 0 fully saturated rings. The van der Waals surface area contributed by atoms with Crippen LogP contribution in [0.3, 0.4) is 0 Å². The van der Waals surface area contributed by atoms with Gasteiger partial charge in [0.1, 0.15) is 11.6 Å². The maximum absolute atomic E-state index is 5.32. The second-order valence-electron chi connectivity index (χ2n) is 3.38. The zero-order valence-corrected chi connectivity index (χ0v) is 8.95. The largest absolute Gasteiger partial charge is 0.496 e. The predicted octanol–water partition coefficient (Wildman–Crippen LogP) is 2.00. The molecule has 1 aliphatic rings. The second kappa shape index (κ2) is 3.69. The van der Waals surface area contributed by atoms with E-state index >= 15 is 0 Å². The molecule has 15 heavy (non-hydrogen) atoms. The molecule has 0 spiro atoms. The smallest absolute Gasteiger partial charge is 0.128 e. The Bertz CT molecular complexity index is 423. The quantitative estimate of drug-likeness (QED) is 0.793. The van der Waals surface area contributed by atoms with E-state index in [1.165, 1.54) is 0 Å². The molecule has 2 rings (SSSR count). The van der Waals surface area contributed by atoms with Crippen molar-refractivity contribution in [3.8, 4) is 5.75 Å². The van der Waals surface area contributed by atoms with Gasteiger partial charge in [0.15, 0.2) is 0 Å². The number of methoxy groups -OCH3 is 1. The van der Waals surface area contributed by atoms with E-state index < -0.39 is 0 Å². The molecule has 78 valence electrons. The standard InChI is InChI=1S/C12H14N2O/c1-9-13-8-11(14(9)2)10-6-4-5-7-12(10)15-3/h4-8,13H,1H2,2-3H3. The Kier molecular flexibility index (Phi) is 2.37. The van der Waals surface area contributed by atoms with Gasteiger partial charge >= 0.3 is 0 Å². The number of para-hydroxylation sites is 1. The molecule has 0 saturated heterocycles. The number of ether oxygens (including phenoxy) is 1. The minimum atomic E-state index is 0.868. The van der Waals surface area contributed by atoms with Gasteiger partial charge in [-0.15, -0.1) is 0 Å². The summed E-state index contributed by atoms with van der Waals surface area (Å²) in [4.78, 5) is 2.00. The van der Waals surface area contributed by atoms with Gasteiger partial charge in [-0.2, -0.15) is 0 Å². The van der Waals surface area contributed by atoms with E-state index in [0.29, 0.717) is 0 Å². The molecule has 0 atom stereocenters. The third kappa shape index (κ3) is 1.56. The highest BCUT2D eigenvalue weighted by atomic mass is 16.5. The fraction of sp³-hybridized carbons (Fsp3) is 0.167. The van der Waals surface area contributed by atoms with Crippen LogP contribution in [0.4, 0.5) is 0 Å². The third-order valence-corrected chi connectivity index (χ3v) is 2.52. The molecule has 0 unspecified atom stereocenters. The number of nitrogens with one attached hydrogen (secondary N) is 1. The summed E-state index contributed by atoms with van der Waals surface area (Å²) >= 11 is 0. The number of hydrogen-bond acceptors (Lipinski definition) is 3. The lowest BCUT2D eigenvalue weighted by Gasteiger charge is -2.18. The van der Waals surface area contributed by atoms with Crippen LogP contribution in [0.15, 0.2) is 42.9 Å². The molecule has 3 nitrogen and oxygen atoms in total. The third-order valence-electron chi connectivity index (χ3n) is 2.52. The van der Waals surface area contributed by atoms with Crippen molar-refractivity contribution in [3.05, 3.63) is 48.4 Å². The first-order chi connectivity index (χ1) is 7.24. The predicted molar refractivity (Wildman–Crippen MR) is 61.0 cm³/mol. The van der Waals surface area contributed by atoms with Gasteiger partial charge < -0.3 is 15.0 Å². The first-order valence-electron chi connectivity index (χ1n) is 4.77. The van der Waals surface area contributed by atoms with Crippen molar-refractivity contribution in [1.82, 2.24) is 10.2 Å². The van der Waals surface area contributed by atoms with E-state index in [4.69, 9.17) is 4.74 Å². The molecule has 1 aliphatic heterocycles. The normalized spacial score (nSPS) is 14.9. The monoisotopic (exact) mass is 202 g/mol. The van der Waals surface area contributed by atoms with Crippen molar-refractivity contribution in [2.45, 2.75) is 0 Å². The van der Waals surface area contributed by atoms with Gasteiger partial charge in [0.2, 0.25) is 0 Å². The topological polar surface area (TPSA) is 24.5 Å². The van der Waals surface area contributed by atoms with Crippen molar-refractivity contribution >= 4 is 5.70 Å². The average Bonchev–Trinajstić information content (AvgIpc) is 2.60. The van der Waals surface area contributed by atoms with Crippen molar-refractivity contribution in [2.24, 2.45) is 0 Å². The van der Waals surface area contributed by atoms with Crippen molar-refractivity contribution in [2.75, 3.05) is 14.2 Å². The van der Waals surface area contributed by atoms with Crippen LogP contribution in [0.5, 0.6) is 5.75 Å². The van der Waals surface area contributed by atoms with E-state index in [1.807, 2.05) is 42.4 Å². The molecule has 1 aromatic carbocycles. The Morgan fingerprint density at radius 1 is 1.33 bits per heavy atom. The van der Waals surface area contributed by atoms with Gasteiger partial charge in [0.05, 0.1) is 12.8 Å². The molecule has 1 heterocycles. The van der Waals surface area contributed by atoms with Gasteiger partial charge in [0.25, 0.3) is 0 Å². The highest BCUT2D eigenvalue weighted by molar-refractivity contribution is 5.72. The van der Waals surface area contributed by atoms with Crippen LogP contribution < -0.4 is 10.1 Å². The molecule has 0 aliphatic carbocycles. The minimum absolute atomic E-state index is 0.868. The Hall–Kier alpha value is -1.90. The van der Waals surface area contributed by atoms with E-state index in [0.717, 1.165) is 22.8 Å². The van der Waals surface area contributed by atoms with E-state index in [2.05, 4.69) is 11.9 Å². The first kappa shape index (κ1) is 9.65. The Labute approximate surface area is 89.7 Å². The molecular formula is C12H14N2O. The Morgan fingerprint density at radius 3 is 2.67 bits per heavy atom. The summed E-state index contributed by atoms with van der Waals surface area (Å²) < 4.78 is 5.32. The van der Waals surface area contributed by atoms with E-state index in [1.54, 1.807) is 7.11 Å². The van der Waals surface area contributed by atoms with Crippen LogP contribution in [-0.4, -0.2) is 19.1 Å². The molecule has 0 amide bonds. The van der Waals surface area contributed by atoms with Gasteiger partial charge in [-0.05, 0) is 12.1 Å². The summed E-state index contributed by atoms with van der Waals surface area (Å²) in [5.41, 5.74) is 2.13. The second-order valence-corrected chi connectivity index (χ2v) is 3.38. The highest BCUT2D eigenvalue weighted by Gasteiger charge is 2.18. The van der Waals surface area contributed by atoms with Gasteiger partial charge in [-0.3, -0.25) is 0 Å². The van der Waals surface area contributed by atoms with Crippen LogP contribution in [-0.2, 0) is 0 Å². The maximum Gasteiger partial charge on any atom is 0.128 e. The highest BCUT2D eigenvalue weighted by Crippen LogP contribution is 2.30. The first-order valence-corrected chi connectivity index (χ1v) is 4.77. The molecule has 0 aromatic heterocycles. The van der Waals surface area contributed by atoms with Crippen LogP contribution in [0.1, 0.15) is 5.56 Å². The SMILES string of the molecule is C=C1NC=C(c2ccccc2OC)N1C. The van der Waals surface area contributed by atoms with Gasteiger partial charge in [-0.1, -0.05) is 18.7 Å². The van der Waals surface area contributed by atoms with Crippen molar-refractivity contribution in [1.29, 1.82) is 0 Å². The summed E-state index contributed by atoms with van der Waals surface area (Å²) in [5.74, 6) is 1.74. The van der Waals surface area contributed by atoms with Crippen molar-refractivity contribution < 1.29 is 4.74 Å². The van der Waals surface area contributed by atoms with Crippen LogP contribution in [0.2, 0.25) is 0 Å². The summed E-state index contributed by atoms with van der Waals surface area (Å²) in [6, 6.07) is 7.93. The van der Waals surface area contributed by atoms with Gasteiger partial charge in [0, 0.05) is 18.8 Å². The molecular weight excluding hydrogens is 188 g/mol. The number of hydrogen-bond donors (Lipinski definition) is 1. The fourth-order valence-corrected chi connectivity index (χ4v) is 1.61. The van der Waals surface area contributed by atoms with Crippen LogP contribution in [0.25, 0.3) is 5.70 Å². The Morgan fingerprint density at radius 2 is 2.07 bits per heavy atom. The number of benzene rings is 1. The van der Waals surface area contributed by atoms with Gasteiger partial charge in [-0.25, -0.2) is 0 Å². The molecule has 1 N–H and O–H groups in total. The zero-order valence-electron chi connectivity index (χ0n) is 8.95. The molecule has 1 aromatic rings. The number of nitrogens with zero attached hydrogens (tertiary/aromatic N) is 1. The summed E-state index contributed by atoms with van der Waals surface area (Å²) in [6.45, 7) is 3.89. The molecule has 3 heteroatoms. The zero-order chi connectivity index (χ0) is 10.8. The lowest BCUT2D eigenvalue weighted by molar-refractivity contribution is 0.412. The lowest BCUT2D eigenvalue weighted by atomic mass is 10.1. The maximum atomic E-state index is 5.32. The fourth-order valence-electron chi connectivity index (χ4n) is 1.61. The minimum Gasteiger partial charge on any atom is -0.496 e. The lowest BCUT2D eigenvalue weighted by Crippen LogP contribution is -2.14.